The number of anilines is 1. The normalized spacial score (nSPS) is 11.3. The van der Waals surface area contributed by atoms with E-state index < -0.39 is 12.0 Å². The van der Waals surface area contributed by atoms with Crippen LogP contribution in [0.25, 0.3) is 0 Å². The Morgan fingerprint density at radius 2 is 1.56 bits per heavy atom. The van der Waals surface area contributed by atoms with E-state index in [0.29, 0.717) is 34.0 Å². The number of hydrogen-bond donors (Lipinski definition) is 2. The average molecular weight is 524 g/mol. The number of nitrogens with zero attached hydrogens (tertiary/aromatic N) is 2. The third kappa shape index (κ3) is 7.07. The molecule has 0 radical (unpaired) electrons. The predicted molar refractivity (Wildman–Crippen MR) is 148 cm³/mol. The number of benzene rings is 3. The number of pyridine rings is 1. The number of carbonyl (C=O) groups is 3. The summed E-state index contributed by atoms with van der Waals surface area (Å²) in [7, 11) is 3.34. The van der Waals surface area contributed by atoms with Crippen LogP contribution in [-0.4, -0.2) is 52.8 Å². The number of aromatic nitrogens is 1. The summed E-state index contributed by atoms with van der Waals surface area (Å²) in [5.41, 5.74) is 3.14. The molecule has 2 N–H and O–H groups in total. The van der Waals surface area contributed by atoms with Gasteiger partial charge in [-0.15, -0.1) is 0 Å². The number of ether oxygens (including phenoxy) is 1. The van der Waals surface area contributed by atoms with Crippen molar-refractivity contribution in [3.8, 4) is 5.75 Å². The number of carboxylic acids is 1. The lowest BCUT2D eigenvalue weighted by Gasteiger charge is -2.18. The molecule has 4 rings (SSSR count). The molecule has 39 heavy (non-hydrogen) atoms. The average Bonchev–Trinajstić information content (AvgIpc) is 2.96. The first-order valence-electron chi connectivity index (χ1n) is 12.4. The standard InChI is InChI=1S/C31H29N3O5/c1-34(2)30(36)27-14-8-11-23(32-27)20-39-24-17-15-21(16-18-24)19-28(31(37)38)33-26-13-7-6-12-25(26)29(35)22-9-4-3-5-10-22/h3-18,28,33H,19-20H2,1-2H3,(H,37,38). The highest BCUT2D eigenvalue weighted by atomic mass is 16.5. The van der Waals surface area contributed by atoms with Gasteiger partial charge in [-0.3, -0.25) is 9.59 Å². The van der Waals surface area contributed by atoms with Gasteiger partial charge in [0.25, 0.3) is 5.91 Å². The smallest absolute Gasteiger partial charge is 0.326 e. The summed E-state index contributed by atoms with van der Waals surface area (Å²) in [4.78, 5) is 43.1. The SMILES string of the molecule is CN(C)C(=O)c1cccc(COc2ccc(CC(Nc3ccccc3C(=O)c3ccccc3)C(=O)O)cc2)n1. The van der Waals surface area contributed by atoms with E-state index in [4.69, 9.17) is 4.74 Å². The molecule has 0 spiro atoms. The van der Waals surface area contributed by atoms with Crippen LogP contribution in [0.4, 0.5) is 5.69 Å². The number of aliphatic carboxylic acids is 1. The number of para-hydroxylation sites is 1. The minimum Gasteiger partial charge on any atom is -0.487 e. The molecule has 1 unspecified atom stereocenters. The molecule has 1 heterocycles. The van der Waals surface area contributed by atoms with E-state index in [2.05, 4.69) is 10.3 Å². The van der Waals surface area contributed by atoms with Crippen molar-refractivity contribution in [2.24, 2.45) is 0 Å². The van der Waals surface area contributed by atoms with Crippen LogP contribution in [0.1, 0.15) is 37.7 Å². The lowest BCUT2D eigenvalue weighted by molar-refractivity contribution is -0.137. The van der Waals surface area contributed by atoms with Crippen LogP contribution in [0.15, 0.2) is 97.1 Å². The highest BCUT2D eigenvalue weighted by molar-refractivity contribution is 6.12. The molecule has 4 aromatic rings. The first-order chi connectivity index (χ1) is 18.8. The molecule has 0 aliphatic rings. The Morgan fingerprint density at radius 1 is 0.872 bits per heavy atom. The van der Waals surface area contributed by atoms with Gasteiger partial charge in [0.15, 0.2) is 5.78 Å². The number of nitrogens with one attached hydrogen (secondary N) is 1. The number of rotatable bonds is 11. The van der Waals surface area contributed by atoms with E-state index in [1.807, 2.05) is 6.07 Å². The zero-order valence-electron chi connectivity index (χ0n) is 21.7. The van der Waals surface area contributed by atoms with Gasteiger partial charge in [-0.25, -0.2) is 9.78 Å². The van der Waals surface area contributed by atoms with Gasteiger partial charge in [-0.05, 0) is 42.0 Å². The Labute approximate surface area is 226 Å². The second kappa shape index (κ2) is 12.5. The van der Waals surface area contributed by atoms with Crippen LogP contribution in [0.3, 0.4) is 0 Å². The van der Waals surface area contributed by atoms with Crippen LogP contribution in [0, 0.1) is 0 Å². The maximum atomic E-state index is 13.0. The molecular formula is C31H29N3O5. The second-order valence-corrected chi connectivity index (χ2v) is 9.13. The fourth-order valence-corrected chi connectivity index (χ4v) is 3.96. The van der Waals surface area contributed by atoms with E-state index in [9.17, 15) is 19.5 Å². The van der Waals surface area contributed by atoms with Crippen LogP contribution in [0.5, 0.6) is 5.75 Å². The highest BCUT2D eigenvalue weighted by Gasteiger charge is 2.21. The summed E-state index contributed by atoms with van der Waals surface area (Å²) in [6.07, 6.45) is 0.194. The molecule has 0 aliphatic carbocycles. The topological polar surface area (TPSA) is 109 Å². The van der Waals surface area contributed by atoms with Gasteiger partial charge in [0, 0.05) is 37.3 Å². The predicted octanol–water partition coefficient (Wildman–Crippen LogP) is 4.70. The van der Waals surface area contributed by atoms with Crippen molar-refractivity contribution in [1.29, 1.82) is 0 Å². The molecule has 0 saturated heterocycles. The maximum Gasteiger partial charge on any atom is 0.326 e. The van der Waals surface area contributed by atoms with Crippen molar-refractivity contribution in [1.82, 2.24) is 9.88 Å². The minimum absolute atomic E-state index is 0.180. The molecule has 0 aliphatic heterocycles. The fourth-order valence-electron chi connectivity index (χ4n) is 3.96. The monoisotopic (exact) mass is 523 g/mol. The molecule has 1 aromatic heterocycles. The first kappa shape index (κ1) is 27.1. The van der Waals surface area contributed by atoms with Gasteiger partial charge in [0.1, 0.15) is 24.1 Å². The van der Waals surface area contributed by atoms with Gasteiger partial charge in [0.05, 0.1) is 5.69 Å². The zero-order chi connectivity index (χ0) is 27.8. The molecule has 1 amide bonds. The maximum absolute atomic E-state index is 13.0. The Balaban J connectivity index is 1.41. The summed E-state index contributed by atoms with van der Waals surface area (Å²) < 4.78 is 5.82. The fraction of sp³-hybridized carbons (Fsp3) is 0.161. The summed E-state index contributed by atoms with van der Waals surface area (Å²) in [5, 5.41) is 12.9. The van der Waals surface area contributed by atoms with Gasteiger partial charge in [-0.2, -0.15) is 0 Å². The minimum atomic E-state index is -1.03. The number of carbonyl (C=O) groups excluding carboxylic acids is 2. The Hall–Kier alpha value is -4.98. The first-order valence-corrected chi connectivity index (χ1v) is 12.4. The Kier molecular flexibility index (Phi) is 8.68. The number of amides is 1. The van der Waals surface area contributed by atoms with E-state index in [1.165, 1.54) is 4.90 Å². The van der Waals surface area contributed by atoms with Crippen molar-refractivity contribution < 1.29 is 24.2 Å². The Bertz CT molecular complexity index is 1450. The van der Waals surface area contributed by atoms with Gasteiger partial charge in [0.2, 0.25) is 0 Å². The van der Waals surface area contributed by atoms with E-state index in [0.717, 1.165) is 5.56 Å². The molecular weight excluding hydrogens is 494 g/mol. The molecule has 0 bridgehead atoms. The van der Waals surface area contributed by atoms with Crippen LogP contribution >= 0.6 is 0 Å². The summed E-state index contributed by atoms with van der Waals surface area (Å²) in [6, 6.07) is 27.1. The van der Waals surface area contributed by atoms with Crippen LogP contribution < -0.4 is 10.1 Å². The molecule has 8 heteroatoms. The van der Waals surface area contributed by atoms with Crippen molar-refractivity contribution in [2.45, 2.75) is 19.1 Å². The van der Waals surface area contributed by atoms with Gasteiger partial charge < -0.3 is 20.1 Å². The third-order valence-corrected chi connectivity index (χ3v) is 6.02. The molecule has 8 nitrogen and oxygen atoms in total. The molecule has 198 valence electrons. The second-order valence-electron chi connectivity index (χ2n) is 9.13. The van der Waals surface area contributed by atoms with E-state index in [-0.39, 0.29) is 24.7 Å². The van der Waals surface area contributed by atoms with Crippen LogP contribution in [0.2, 0.25) is 0 Å². The van der Waals surface area contributed by atoms with Gasteiger partial charge >= 0.3 is 5.97 Å². The van der Waals surface area contributed by atoms with Crippen molar-refractivity contribution >= 4 is 23.3 Å². The van der Waals surface area contributed by atoms with Crippen molar-refractivity contribution in [3.63, 3.8) is 0 Å². The largest absolute Gasteiger partial charge is 0.487 e. The van der Waals surface area contributed by atoms with E-state index >= 15 is 0 Å². The summed E-state index contributed by atoms with van der Waals surface area (Å²) in [6.45, 7) is 0.180. The molecule has 1 atom stereocenters. The summed E-state index contributed by atoms with van der Waals surface area (Å²) in [5.74, 6) is -0.815. The molecule has 0 saturated carbocycles. The lowest BCUT2D eigenvalue weighted by atomic mass is 10.00. The summed E-state index contributed by atoms with van der Waals surface area (Å²) >= 11 is 0. The molecule has 0 fully saturated rings. The van der Waals surface area contributed by atoms with E-state index in [1.54, 1.807) is 105 Å². The number of carboxylic acid groups (broad SMARTS) is 1. The Morgan fingerprint density at radius 3 is 2.26 bits per heavy atom. The quantitative estimate of drug-likeness (QED) is 0.274. The highest BCUT2D eigenvalue weighted by Crippen LogP contribution is 2.22. The molecule has 3 aromatic carbocycles. The third-order valence-electron chi connectivity index (χ3n) is 6.02. The zero-order valence-corrected chi connectivity index (χ0v) is 21.7. The van der Waals surface area contributed by atoms with Crippen molar-refractivity contribution in [2.75, 3.05) is 19.4 Å². The van der Waals surface area contributed by atoms with Crippen LogP contribution in [-0.2, 0) is 17.8 Å². The lowest BCUT2D eigenvalue weighted by Crippen LogP contribution is -2.32. The van der Waals surface area contributed by atoms with Crippen molar-refractivity contribution in [3.05, 3.63) is 125 Å². The van der Waals surface area contributed by atoms with Gasteiger partial charge in [-0.1, -0.05) is 60.7 Å². The number of hydrogen-bond acceptors (Lipinski definition) is 6. The number of ketones is 1.